The molecule has 0 saturated carbocycles. The summed E-state index contributed by atoms with van der Waals surface area (Å²) in [6, 6.07) is 6.26. The van der Waals surface area contributed by atoms with Crippen LogP contribution < -0.4 is 0 Å². The van der Waals surface area contributed by atoms with Gasteiger partial charge in [-0.25, -0.2) is 0 Å². The number of aromatic nitrogens is 1. The molecule has 82 valence electrons. The van der Waals surface area contributed by atoms with Crippen molar-refractivity contribution in [3.63, 3.8) is 0 Å². The van der Waals surface area contributed by atoms with Gasteiger partial charge in [0.05, 0.1) is 0 Å². The Morgan fingerprint density at radius 2 is 2.25 bits per heavy atom. The number of aromatic amines is 1. The van der Waals surface area contributed by atoms with Crippen LogP contribution in [0.1, 0.15) is 24.5 Å². The van der Waals surface area contributed by atoms with Crippen molar-refractivity contribution < 1.29 is 4.79 Å². The van der Waals surface area contributed by atoms with E-state index in [0.29, 0.717) is 6.42 Å². The maximum atomic E-state index is 11.2. The molecule has 16 heavy (non-hydrogen) atoms. The Balaban J connectivity index is 2.41. The van der Waals surface area contributed by atoms with Crippen molar-refractivity contribution in [2.24, 2.45) is 0 Å². The number of carbonyl (C=O) groups is 1. The fraction of sp³-hybridized carbons (Fsp3) is 0.214. The zero-order valence-corrected chi connectivity index (χ0v) is 9.58. The van der Waals surface area contributed by atoms with Gasteiger partial charge >= 0.3 is 0 Å². The Bertz CT molecular complexity index is 549. The molecule has 0 saturated heterocycles. The van der Waals surface area contributed by atoms with Gasteiger partial charge in [0.2, 0.25) is 0 Å². The van der Waals surface area contributed by atoms with Gasteiger partial charge in [0.1, 0.15) is 0 Å². The van der Waals surface area contributed by atoms with Crippen LogP contribution in [0.2, 0.25) is 0 Å². The molecule has 0 aliphatic carbocycles. The number of H-pyrrole nitrogens is 1. The van der Waals surface area contributed by atoms with Crippen molar-refractivity contribution >= 4 is 22.8 Å². The standard InChI is InChI=1S/C14H15NO/c1-3-12(16)6-5-11-9-15-14-7-4-10(2)8-13(11)14/h4-9,15H,3H2,1-2H3/b6-5+. The molecule has 0 spiro atoms. The van der Waals surface area contributed by atoms with Crippen LogP contribution >= 0.6 is 0 Å². The minimum atomic E-state index is 0.155. The minimum absolute atomic E-state index is 0.155. The molecule has 2 rings (SSSR count). The summed E-state index contributed by atoms with van der Waals surface area (Å²) in [5.74, 6) is 0.155. The van der Waals surface area contributed by atoms with Crippen molar-refractivity contribution in [2.75, 3.05) is 0 Å². The molecule has 2 aromatic rings. The summed E-state index contributed by atoms with van der Waals surface area (Å²) >= 11 is 0. The Kier molecular flexibility index (Phi) is 2.91. The number of fused-ring (bicyclic) bond motifs is 1. The van der Waals surface area contributed by atoms with Gasteiger partial charge in [-0.15, -0.1) is 0 Å². The van der Waals surface area contributed by atoms with Gasteiger partial charge in [0.15, 0.2) is 5.78 Å². The number of aryl methyl sites for hydroxylation is 1. The number of rotatable bonds is 3. The number of benzene rings is 1. The van der Waals surface area contributed by atoms with Crippen LogP contribution in [-0.2, 0) is 4.79 Å². The van der Waals surface area contributed by atoms with Gasteiger partial charge in [-0.05, 0) is 36.8 Å². The Labute approximate surface area is 95.0 Å². The first kappa shape index (κ1) is 10.7. The van der Waals surface area contributed by atoms with Gasteiger partial charge in [0, 0.05) is 23.5 Å². The number of carbonyl (C=O) groups excluding carboxylic acids is 1. The lowest BCUT2D eigenvalue weighted by molar-refractivity contribution is -0.114. The smallest absolute Gasteiger partial charge is 0.155 e. The van der Waals surface area contributed by atoms with Crippen molar-refractivity contribution in [1.82, 2.24) is 4.98 Å². The first-order valence-corrected chi connectivity index (χ1v) is 5.49. The van der Waals surface area contributed by atoms with E-state index in [4.69, 9.17) is 0 Å². The second-order valence-electron chi connectivity index (χ2n) is 3.95. The molecule has 0 atom stereocenters. The first-order chi connectivity index (χ1) is 7.70. The summed E-state index contributed by atoms with van der Waals surface area (Å²) in [5.41, 5.74) is 3.40. The highest BCUT2D eigenvalue weighted by Crippen LogP contribution is 2.20. The topological polar surface area (TPSA) is 32.9 Å². The number of nitrogens with one attached hydrogen (secondary N) is 1. The van der Waals surface area contributed by atoms with Crippen molar-refractivity contribution in [3.05, 3.63) is 41.6 Å². The monoisotopic (exact) mass is 213 g/mol. The third kappa shape index (κ3) is 2.06. The number of hydrogen-bond acceptors (Lipinski definition) is 1. The second kappa shape index (κ2) is 4.35. The van der Waals surface area contributed by atoms with E-state index in [-0.39, 0.29) is 5.78 Å². The third-order valence-corrected chi connectivity index (χ3v) is 2.67. The lowest BCUT2D eigenvalue weighted by atomic mass is 10.1. The normalized spacial score (nSPS) is 11.4. The maximum Gasteiger partial charge on any atom is 0.155 e. The summed E-state index contributed by atoms with van der Waals surface area (Å²) in [7, 11) is 0. The van der Waals surface area contributed by atoms with Gasteiger partial charge in [0.25, 0.3) is 0 Å². The molecular weight excluding hydrogens is 198 g/mol. The lowest BCUT2D eigenvalue weighted by Crippen LogP contribution is -1.86. The van der Waals surface area contributed by atoms with Crippen molar-refractivity contribution in [1.29, 1.82) is 0 Å². The fourth-order valence-electron chi connectivity index (χ4n) is 1.69. The highest BCUT2D eigenvalue weighted by atomic mass is 16.1. The first-order valence-electron chi connectivity index (χ1n) is 5.49. The molecule has 1 aromatic heterocycles. The van der Waals surface area contributed by atoms with E-state index in [2.05, 4.69) is 30.1 Å². The summed E-state index contributed by atoms with van der Waals surface area (Å²) in [5, 5.41) is 1.17. The molecule has 2 nitrogen and oxygen atoms in total. The van der Waals surface area contributed by atoms with Crippen LogP contribution in [0.5, 0.6) is 0 Å². The summed E-state index contributed by atoms with van der Waals surface area (Å²) in [4.78, 5) is 14.4. The van der Waals surface area contributed by atoms with E-state index in [9.17, 15) is 4.79 Å². The summed E-state index contributed by atoms with van der Waals surface area (Å²) < 4.78 is 0. The molecule has 0 amide bonds. The van der Waals surface area contributed by atoms with Crippen LogP contribution in [0.3, 0.4) is 0 Å². The highest BCUT2D eigenvalue weighted by Gasteiger charge is 2.01. The quantitative estimate of drug-likeness (QED) is 0.778. The average molecular weight is 213 g/mol. The van der Waals surface area contributed by atoms with Gasteiger partial charge < -0.3 is 4.98 Å². The molecule has 1 heterocycles. The fourth-order valence-corrected chi connectivity index (χ4v) is 1.69. The van der Waals surface area contributed by atoms with Gasteiger partial charge in [-0.1, -0.05) is 18.6 Å². The molecule has 1 aromatic carbocycles. The van der Waals surface area contributed by atoms with E-state index in [1.54, 1.807) is 6.08 Å². The number of allylic oxidation sites excluding steroid dienone is 1. The molecular formula is C14H15NO. The van der Waals surface area contributed by atoms with Crippen LogP contribution in [-0.4, -0.2) is 10.8 Å². The predicted molar refractivity (Wildman–Crippen MR) is 67.4 cm³/mol. The predicted octanol–water partition coefficient (Wildman–Crippen LogP) is 3.47. The highest BCUT2D eigenvalue weighted by molar-refractivity contribution is 5.97. The van der Waals surface area contributed by atoms with Crippen LogP contribution in [0, 0.1) is 6.92 Å². The Hall–Kier alpha value is -1.83. The molecule has 0 aliphatic heterocycles. The maximum absolute atomic E-state index is 11.2. The van der Waals surface area contributed by atoms with E-state index in [0.717, 1.165) is 11.1 Å². The molecule has 0 bridgehead atoms. The van der Waals surface area contributed by atoms with Crippen LogP contribution in [0.15, 0.2) is 30.5 Å². The number of hydrogen-bond donors (Lipinski definition) is 1. The van der Waals surface area contributed by atoms with E-state index in [1.165, 1.54) is 10.9 Å². The molecule has 2 heteroatoms. The number of ketones is 1. The minimum Gasteiger partial charge on any atom is -0.361 e. The molecule has 1 N–H and O–H groups in total. The summed E-state index contributed by atoms with van der Waals surface area (Å²) in [6.45, 7) is 3.93. The molecule has 0 aliphatic rings. The van der Waals surface area contributed by atoms with Crippen molar-refractivity contribution in [2.45, 2.75) is 20.3 Å². The van der Waals surface area contributed by atoms with E-state index < -0.39 is 0 Å². The Morgan fingerprint density at radius 1 is 1.44 bits per heavy atom. The Morgan fingerprint density at radius 3 is 3.00 bits per heavy atom. The molecule has 0 fully saturated rings. The third-order valence-electron chi connectivity index (χ3n) is 2.67. The SMILES string of the molecule is CCC(=O)/C=C/c1c[nH]c2ccc(C)cc12. The van der Waals surface area contributed by atoms with Crippen LogP contribution in [0.4, 0.5) is 0 Å². The van der Waals surface area contributed by atoms with Crippen LogP contribution in [0.25, 0.3) is 17.0 Å². The molecule has 0 unspecified atom stereocenters. The van der Waals surface area contributed by atoms with E-state index >= 15 is 0 Å². The molecule has 0 radical (unpaired) electrons. The zero-order chi connectivity index (χ0) is 11.5. The summed E-state index contributed by atoms with van der Waals surface area (Å²) in [6.07, 6.45) is 6.01. The zero-order valence-electron chi connectivity index (χ0n) is 9.58. The van der Waals surface area contributed by atoms with Crippen molar-refractivity contribution in [3.8, 4) is 0 Å². The lowest BCUT2D eigenvalue weighted by Gasteiger charge is -1.94. The van der Waals surface area contributed by atoms with Gasteiger partial charge in [-0.2, -0.15) is 0 Å². The van der Waals surface area contributed by atoms with E-state index in [1.807, 2.05) is 19.2 Å². The largest absolute Gasteiger partial charge is 0.361 e. The van der Waals surface area contributed by atoms with Gasteiger partial charge in [-0.3, -0.25) is 4.79 Å². The second-order valence-corrected chi connectivity index (χ2v) is 3.95. The average Bonchev–Trinajstić information content (AvgIpc) is 2.68.